The van der Waals surface area contributed by atoms with Crippen LogP contribution in [-0.2, 0) is 0 Å². The number of hydrogen-bond donors (Lipinski definition) is 3. The van der Waals surface area contributed by atoms with Crippen molar-refractivity contribution in [2.45, 2.75) is 67.0 Å². The Morgan fingerprint density at radius 3 is 2.58 bits per heavy atom. The molecule has 1 rings (SSSR count). The molecular weight excluding hydrogens is 453 g/mol. The number of nitrogens with zero attached hydrogens (tertiary/aromatic N) is 4. The topological polar surface area (TPSA) is 88.4 Å². The lowest BCUT2D eigenvalue weighted by atomic mass is 9.90. The van der Waals surface area contributed by atoms with Crippen molar-refractivity contribution in [3.63, 3.8) is 0 Å². The number of likely N-dealkylation sites (N-methyl/N-ethyl adjacent to an activating group) is 1. The van der Waals surface area contributed by atoms with Crippen molar-refractivity contribution in [1.82, 2.24) is 15.3 Å². The summed E-state index contributed by atoms with van der Waals surface area (Å²) in [7, 11) is 0. The Hall–Kier alpha value is -3.60. The SMILES string of the molecule is C=C/C=N\N(CC)C/C=C\C=C(/C)Nc1nc(NC(C)[C@H](C)NC(=C)CC(C)(C)C)c(F)cc1C#N. The van der Waals surface area contributed by atoms with E-state index >= 15 is 0 Å². The van der Waals surface area contributed by atoms with Gasteiger partial charge in [0.15, 0.2) is 17.5 Å². The highest BCUT2D eigenvalue weighted by molar-refractivity contribution is 5.69. The van der Waals surface area contributed by atoms with Gasteiger partial charge in [-0.05, 0) is 57.7 Å². The second-order valence-electron chi connectivity index (χ2n) is 9.94. The summed E-state index contributed by atoms with van der Waals surface area (Å²) >= 11 is 0. The smallest absolute Gasteiger partial charge is 0.166 e. The summed E-state index contributed by atoms with van der Waals surface area (Å²) < 4.78 is 14.7. The normalized spacial score (nSPS) is 13.8. The van der Waals surface area contributed by atoms with Crippen molar-refractivity contribution in [3.8, 4) is 6.07 Å². The summed E-state index contributed by atoms with van der Waals surface area (Å²) in [6.45, 7) is 23.4. The summed E-state index contributed by atoms with van der Waals surface area (Å²) in [5.41, 5.74) is 1.94. The Labute approximate surface area is 216 Å². The van der Waals surface area contributed by atoms with Gasteiger partial charge in [0.1, 0.15) is 6.07 Å². The number of nitriles is 1. The zero-order chi connectivity index (χ0) is 27.3. The molecule has 1 aromatic heterocycles. The molecule has 1 unspecified atom stereocenters. The Morgan fingerprint density at radius 2 is 2.00 bits per heavy atom. The molecule has 0 fully saturated rings. The number of hydrazone groups is 1. The minimum Gasteiger partial charge on any atom is -0.384 e. The molecule has 0 aliphatic carbocycles. The van der Waals surface area contributed by atoms with Gasteiger partial charge in [0.05, 0.1) is 12.1 Å². The zero-order valence-corrected chi connectivity index (χ0v) is 22.8. The molecule has 0 saturated carbocycles. The first-order valence-corrected chi connectivity index (χ1v) is 12.2. The number of halogens is 1. The van der Waals surface area contributed by atoms with Crippen molar-refractivity contribution < 1.29 is 4.39 Å². The van der Waals surface area contributed by atoms with Gasteiger partial charge in [-0.15, -0.1) is 0 Å². The van der Waals surface area contributed by atoms with Crippen molar-refractivity contribution in [3.05, 3.63) is 66.3 Å². The molecule has 1 aromatic rings. The van der Waals surface area contributed by atoms with Crippen LogP contribution in [0.4, 0.5) is 16.0 Å². The maximum Gasteiger partial charge on any atom is 0.166 e. The van der Waals surface area contributed by atoms with Crippen LogP contribution in [0.25, 0.3) is 0 Å². The third-order valence-electron chi connectivity index (χ3n) is 5.20. The molecule has 36 heavy (non-hydrogen) atoms. The number of anilines is 2. The second-order valence-corrected chi connectivity index (χ2v) is 9.94. The monoisotopic (exact) mass is 495 g/mol. The molecule has 3 N–H and O–H groups in total. The van der Waals surface area contributed by atoms with E-state index in [9.17, 15) is 9.65 Å². The molecule has 0 amide bonds. The number of allylic oxidation sites excluding steroid dienone is 5. The van der Waals surface area contributed by atoms with E-state index in [1.165, 1.54) is 6.07 Å². The van der Waals surface area contributed by atoms with Gasteiger partial charge < -0.3 is 16.0 Å². The Bertz CT molecular complexity index is 1010. The first-order chi connectivity index (χ1) is 16.9. The van der Waals surface area contributed by atoms with Crippen LogP contribution in [0.2, 0.25) is 0 Å². The zero-order valence-electron chi connectivity index (χ0n) is 22.8. The Morgan fingerprint density at radius 1 is 1.31 bits per heavy atom. The predicted octanol–water partition coefficient (Wildman–Crippen LogP) is 6.19. The number of rotatable bonds is 14. The van der Waals surface area contributed by atoms with E-state index in [0.717, 1.165) is 24.4 Å². The molecule has 0 spiro atoms. The molecule has 2 atom stereocenters. The average molecular weight is 496 g/mol. The molecule has 7 nitrogen and oxygen atoms in total. The van der Waals surface area contributed by atoms with Crippen molar-refractivity contribution in [1.29, 1.82) is 5.26 Å². The fraction of sp³-hybridized carbons (Fsp3) is 0.464. The van der Waals surface area contributed by atoms with Crippen molar-refractivity contribution in [2.75, 3.05) is 23.7 Å². The van der Waals surface area contributed by atoms with E-state index in [1.54, 1.807) is 12.3 Å². The van der Waals surface area contributed by atoms with Crippen LogP contribution in [0.1, 0.15) is 60.5 Å². The van der Waals surface area contributed by atoms with Crippen LogP contribution in [0.15, 0.2) is 60.0 Å². The fourth-order valence-corrected chi connectivity index (χ4v) is 3.27. The van der Waals surface area contributed by atoms with Crippen LogP contribution < -0.4 is 16.0 Å². The summed E-state index contributed by atoms with van der Waals surface area (Å²) in [4.78, 5) is 4.38. The highest BCUT2D eigenvalue weighted by Gasteiger charge is 2.19. The molecule has 0 bridgehead atoms. The fourth-order valence-electron chi connectivity index (χ4n) is 3.27. The summed E-state index contributed by atoms with van der Waals surface area (Å²) in [5, 5.41) is 25.3. The lowest BCUT2D eigenvalue weighted by Gasteiger charge is -2.28. The largest absolute Gasteiger partial charge is 0.384 e. The molecular formula is C28H42FN7. The molecule has 0 aliphatic heterocycles. The van der Waals surface area contributed by atoms with Crippen LogP contribution in [-0.4, -0.2) is 41.4 Å². The van der Waals surface area contributed by atoms with Crippen LogP contribution >= 0.6 is 0 Å². The molecule has 0 radical (unpaired) electrons. The van der Waals surface area contributed by atoms with Gasteiger partial charge in [-0.1, -0.05) is 46.1 Å². The van der Waals surface area contributed by atoms with E-state index in [1.807, 2.05) is 57.0 Å². The van der Waals surface area contributed by atoms with Gasteiger partial charge in [0.25, 0.3) is 0 Å². The minimum absolute atomic E-state index is 0.0154. The van der Waals surface area contributed by atoms with E-state index in [-0.39, 0.29) is 28.9 Å². The van der Waals surface area contributed by atoms with Crippen LogP contribution in [0.3, 0.4) is 0 Å². The van der Waals surface area contributed by atoms with Crippen molar-refractivity contribution in [2.24, 2.45) is 10.5 Å². The summed E-state index contributed by atoms with van der Waals surface area (Å²) in [5.74, 6) is -0.203. The highest BCUT2D eigenvalue weighted by Crippen LogP contribution is 2.24. The Kier molecular flexibility index (Phi) is 12.4. The third kappa shape index (κ3) is 11.2. The highest BCUT2D eigenvalue weighted by atomic mass is 19.1. The maximum absolute atomic E-state index is 14.7. The van der Waals surface area contributed by atoms with Crippen LogP contribution in [0.5, 0.6) is 0 Å². The first kappa shape index (κ1) is 30.4. The second kappa shape index (κ2) is 14.7. The number of hydrogen-bond acceptors (Lipinski definition) is 7. The number of nitrogens with one attached hydrogen (secondary N) is 3. The molecule has 1 heterocycles. The quantitative estimate of drug-likeness (QED) is 0.162. The molecule has 0 saturated heterocycles. The van der Waals surface area contributed by atoms with E-state index < -0.39 is 5.82 Å². The summed E-state index contributed by atoms with van der Waals surface area (Å²) in [6.07, 6.45) is 9.83. The molecule has 0 aliphatic rings. The van der Waals surface area contributed by atoms with Gasteiger partial charge in [0, 0.05) is 36.2 Å². The number of aromatic nitrogens is 1. The maximum atomic E-state index is 14.7. The van der Waals surface area contributed by atoms with E-state index in [4.69, 9.17) is 0 Å². The first-order valence-electron chi connectivity index (χ1n) is 12.2. The third-order valence-corrected chi connectivity index (χ3v) is 5.20. The van der Waals surface area contributed by atoms with Gasteiger partial charge in [0.2, 0.25) is 0 Å². The van der Waals surface area contributed by atoms with Gasteiger partial charge in [-0.25, -0.2) is 9.37 Å². The summed E-state index contributed by atoms with van der Waals surface area (Å²) in [6, 6.07) is 3.05. The van der Waals surface area contributed by atoms with E-state index in [0.29, 0.717) is 12.4 Å². The average Bonchev–Trinajstić information content (AvgIpc) is 2.79. The minimum atomic E-state index is -0.578. The molecule has 196 valence electrons. The van der Waals surface area contributed by atoms with Crippen LogP contribution in [0, 0.1) is 22.6 Å². The standard InChI is InChI=1S/C28H42FN7/c1-10-15-31-36(11-2)16-13-12-14-20(3)33-26-24(19-30)17-25(29)27(35-26)34-23(6)22(5)32-21(4)18-28(7,8)9/h10,12-15,17,22-23,32H,1,4,11,16,18H2,2-3,5-9H3,(H2,33,34,35)/b13-12-,20-14+,31-15-/t22-,23?/m0/s1. The van der Waals surface area contributed by atoms with Gasteiger partial charge in [-0.2, -0.15) is 10.4 Å². The molecule has 8 heteroatoms. The molecule has 0 aromatic carbocycles. The lowest BCUT2D eigenvalue weighted by Crippen LogP contribution is -2.40. The van der Waals surface area contributed by atoms with E-state index in [2.05, 4.69) is 60.0 Å². The van der Waals surface area contributed by atoms with Gasteiger partial charge >= 0.3 is 0 Å². The van der Waals surface area contributed by atoms with Gasteiger partial charge in [-0.3, -0.25) is 5.01 Å². The Balaban J connectivity index is 2.92. The predicted molar refractivity (Wildman–Crippen MR) is 150 cm³/mol. The number of pyridine rings is 1. The lowest BCUT2D eigenvalue weighted by molar-refractivity contribution is 0.340. The van der Waals surface area contributed by atoms with Crippen molar-refractivity contribution >= 4 is 17.9 Å².